The number of hydrogen-bond donors (Lipinski definition) is 0. The summed E-state index contributed by atoms with van der Waals surface area (Å²) in [4.78, 5) is 6.52. The van der Waals surface area contributed by atoms with Gasteiger partial charge in [0.25, 0.3) is 0 Å². The topological polar surface area (TPSA) is 25.4 Å². The van der Waals surface area contributed by atoms with Gasteiger partial charge >= 0.3 is 0 Å². The highest BCUT2D eigenvalue weighted by Gasteiger charge is 1.99. The first-order valence-corrected chi connectivity index (χ1v) is 6.08. The molecule has 0 aliphatic carbocycles. The van der Waals surface area contributed by atoms with Crippen molar-refractivity contribution in [3.05, 3.63) is 30.1 Å². The largest absolute Gasteiger partial charge is 0.379 e. The zero-order valence-electron chi connectivity index (χ0n) is 9.73. The average molecular weight is 243 g/mol. The van der Waals surface area contributed by atoms with Crippen molar-refractivity contribution in [3.8, 4) is 0 Å². The van der Waals surface area contributed by atoms with E-state index >= 15 is 0 Å². The van der Waals surface area contributed by atoms with Gasteiger partial charge in [0.2, 0.25) is 0 Å². The molecule has 4 heteroatoms. The third-order valence-electron chi connectivity index (χ3n) is 2.31. The van der Waals surface area contributed by atoms with E-state index in [1.807, 2.05) is 18.3 Å². The maximum Gasteiger partial charge on any atom is 0.0602 e. The molecular formula is C12H19ClN2O. The Labute approximate surface area is 102 Å². The zero-order chi connectivity index (χ0) is 11.6. The maximum atomic E-state index is 5.51. The lowest BCUT2D eigenvalue weighted by molar-refractivity contribution is 0.124. The molecule has 0 bridgehead atoms. The number of hydrogen-bond acceptors (Lipinski definition) is 3. The quantitative estimate of drug-likeness (QED) is 0.514. The van der Waals surface area contributed by atoms with E-state index in [0.717, 1.165) is 31.8 Å². The van der Waals surface area contributed by atoms with Gasteiger partial charge in [0, 0.05) is 37.3 Å². The van der Waals surface area contributed by atoms with Crippen LogP contribution >= 0.6 is 11.6 Å². The van der Waals surface area contributed by atoms with Gasteiger partial charge in [-0.15, -0.1) is 11.6 Å². The minimum Gasteiger partial charge on any atom is -0.379 e. The number of aromatic nitrogens is 1. The Morgan fingerprint density at radius 1 is 1.31 bits per heavy atom. The molecule has 16 heavy (non-hydrogen) atoms. The molecule has 0 aromatic carbocycles. The fourth-order valence-corrected chi connectivity index (χ4v) is 1.45. The summed E-state index contributed by atoms with van der Waals surface area (Å²) >= 11 is 5.51. The van der Waals surface area contributed by atoms with Crippen molar-refractivity contribution < 1.29 is 4.74 Å². The monoisotopic (exact) mass is 242 g/mol. The molecule has 0 aliphatic rings. The molecule has 0 unspecified atom stereocenters. The third kappa shape index (κ3) is 6.05. The van der Waals surface area contributed by atoms with E-state index in [0.29, 0.717) is 12.5 Å². The minimum absolute atomic E-state index is 0.567. The Bertz CT molecular complexity index is 269. The maximum absolute atomic E-state index is 5.51. The minimum atomic E-state index is 0.567. The summed E-state index contributed by atoms with van der Waals surface area (Å²) in [5.41, 5.74) is 1.14. The van der Waals surface area contributed by atoms with Crippen molar-refractivity contribution in [2.45, 2.75) is 6.42 Å². The van der Waals surface area contributed by atoms with Crippen LogP contribution < -0.4 is 0 Å². The number of halogens is 1. The highest BCUT2D eigenvalue weighted by atomic mass is 35.5. The van der Waals surface area contributed by atoms with Gasteiger partial charge in [-0.25, -0.2) is 0 Å². The van der Waals surface area contributed by atoms with Gasteiger partial charge in [0.05, 0.1) is 13.2 Å². The van der Waals surface area contributed by atoms with Crippen LogP contribution in [-0.4, -0.2) is 49.1 Å². The molecule has 0 atom stereocenters. The molecule has 0 aliphatic heterocycles. The van der Waals surface area contributed by atoms with Gasteiger partial charge in [-0.1, -0.05) is 6.07 Å². The van der Waals surface area contributed by atoms with E-state index in [1.54, 1.807) is 0 Å². The molecule has 1 rings (SSSR count). The number of likely N-dealkylation sites (N-methyl/N-ethyl adjacent to an activating group) is 1. The summed E-state index contributed by atoms with van der Waals surface area (Å²) in [6, 6.07) is 6.01. The van der Waals surface area contributed by atoms with E-state index in [4.69, 9.17) is 16.3 Å². The molecule has 1 aromatic rings. The Kier molecular flexibility index (Phi) is 7.14. The van der Waals surface area contributed by atoms with Crippen molar-refractivity contribution in [1.82, 2.24) is 9.88 Å². The number of rotatable bonds is 8. The molecule has 0 fully saturated rings. The third-order valence-corrected chi connectivity index (χ3v) is 2.47. The molecule has 0 spiro atoms. The predicted octanol–water partition coefficient (Wildman–Crippen LogP) is 1.81. The lowest BCUT2D eigenvalue weighted by atomic mass is 10.2. The van der Waals surface area contributed by atoms with Crippen LogP contribution in [0.1, 0.15) is 5.69 Å². The van der Waals surface area contributed by atoms with Crippen LogP contribution in [0.2, 0.25) is 0 Å². The molecular weight excluding hydrogens is 224 g/mol. The lowest BCUT2D eigenvalue weighted by Crippen LogP contribution is -2.26. The Balaban J connectivity index is 2.08. The van der Waals surface area contributed by atoms with Gasteiger partial charge in [-0.2, -0.15) is 0 Å². The van der Waals surface area contributed by atoms with E-state index in [9.17, 15) is 0 Å². The molecule has 1 aromatic heterocycles. The highest BCUT2D eigenvalue weighted by molar-refractivity contribution is 6.17. The van der Waals surface area contributed by atoms with Gasteiger partial charge in [-0.05, 0) is 19.2 Å². The van der Waals surface area contributed by atoms with Gasteiger partial charge in [0.15, 0.2) is 0 Å². The lowest BCUT2D eigenvalue weighted by Gasteiger charge is -2.15. The smallest absolute Gasteiger partial charge is 0.0602 e. The van der Waals surface area contributed by atoms with Crippen LogP contribution in [-0.2, 0) is 11.2 Å². The number of pyridine rings is 1. The second-order valence-corrected chi connectivity index (χ2v) is 4.05. The summed E-state index contributed by atoms with van der Waals surface area (Å²) in [5, 5.41) is 0. The van der Waals surface area contributed by atoms with E-state index in [-0.39, 0.29) is 0 Å². The Hall–Kier alpha value is -0.640. The molecule has 0 N–H and O–H groups in total. The molecule has 0 radical (unpaired) electrons. The van der Waals surface area contributed by atoms with Crippen LogP contribution in [0.15, 0.2) is 24.4 Å². The summed E-state index contributed by atoms with van der Waals surface area (Å²) in [6.45, 7) is 3.31. The van der Waals surface area contributed by atoms with Crippen molar-refractivity contribution in [3.63, 3.8) is 0 Å². The normalized spacial score (nSPS) is 10.9. The summed E-state index contributed by atoms with van der Waals surface area (Å²) in [5.74, 6) is 0.567. The van der Waals surface area contributed by atoms with Crippen molar-refractivity contribution >= 4 is 11.6 Å². The fraction of sp³-hybridized carbons (Fsp3) is 0.583. The molecule has 90 valence electrons. The first kappa shape index (κ1) is 13.4. The van der Waals surface area contributed by atoms with Crippen molar-refractivity contribution in [2.24, 2.45) is 0 Å². The first-order chi connectivity index (χ1) is 7.83. The highest BCUT2D eigenvalue weighted by Crippen LogP contribution is 1.96. The van der Waals surface area contributed by atoms with E-state index < -0.39 is 0 Å². The van der Waals surface area contributed by atoms with Crippen LogP contribution in [0.25, 0.3) is 0 Å². The van der Waals surface area contributed by atoms with Crippen molar-refractivity contribution in [2.75, 3.05) is 39.2 Å². The number of nitrogens with zero attached hydrogens (tertiary/aromatic N) is 2. The molecule has 0 saturated carbocycles. The SMILES string of the molecule is CN(CCOCCCl)CCc1ccccn1. The summed E-state index contributed by atoms with van der Waals surface area (Å²) in [6.07, 6.45) is 2.81. The van der Waals surface area contributed by atoms with E-state index in [2.05, 4.69) is 23.0 Å². The predicted molar refractivity (Wildman–Crippen MR) is 67.0 cm³/mol. The zero-order valence-corrected chi connectivity index (χ0v) is 10.5. The van der Waals surface area contributed by atoms with E-state index in [1.165, 1.54) is 0 Å². The standard InChI is InChI=1S/C12H19ClN2O/c1-15(9-11-16-10-6-13)8-5-12-4-2-3-7-14-12/h2-4,7H,5-6,8-11H2,1H3. The van der Waals surface area contributed by atoms with Crippen molar-refractivity contribution in [1.29, 1.82) is 0 Å². The number of alkyl halides is 1. The van der Waals surface area contributed by atoms with Crippen LogP contribution in [0, 0.1) is 0 Å². The van der Waals surface area contributed by atoms with Gasteiger partial charge in [-0.3, -0.25) is 4.98 Å². The summed E-state index contributed by atoms with van der Waals surface area (Å²) in [7, 11) is 2.09. The molecule has 1 heterocycles. The second-order valence-electron chi connectivity index (χ2n) is 3.68. The van der Waals surface area contributed by atoms with Gasteiger partial charge < -0.3 is 9.64 Å². The molecule has 3 nitrogen and oxygen atoms in total. The molecule has 0 saturated heterocycles. The molecule has 0 amide bonds. The fourth-order valence-electron chi connectivity index (χ4n) is 1.34. The van der Waals surface area contributed by atoms with Crippen LogP contribution in [0.3, 0.4) is 0 Å². The number of ether oxygens (including phenoxy) is 1. The second kappa shape index (κ2) is 8.50. The first-order valence-electron chi connectivity index (χ1n) is 5.55. The van der Waals surface area contributed by atoms with Gasteiger partial charge in [0.1, 0.15) is 0 Å². The summed E-state index contributed by atoms with van der Waals surface area (Å²) < 4.78 is 5.32. The van der Waals surface area contributed by atoms with Crippen LogP contribution in [0.4, 0.5) is 0 Å². The Morgan fingerprint density at radius 3 is 2.88 bits per heavy atom. The Morgan fingerprint density at radius 2 is 2.19 bits per heavy atom. The van der Waals surface area contributed by atoms with Crippen LogP contribution in [0.5, 0.6) is 0 Å². The average Bonchev–Trinajstić information content (AvgIpc) is 2.33.